The molecule has 0 saturated heterocycles. The van der Waals surface area contributed by atoms with Gasteiger partial charge in [-0.1, -0.05) is 62.7 Å². The van der Waals surface area contributed by atoms with Gasteiger partial charge in [-0.3, -0.25) is 0 Å². The van der Waals surface area contributed by atoms with E-state index in [-0.39, 0.29) is 0 Å². The average Bonchev–Trinajstić information content (AvgIpc) is 2.45. The number of hydrogen-bond acceptors (Lipinski definition) is 0. The third kappa shape index (κ3) is 3.01. The first-order valence-corrected chi connectivity index (χ1v) is 6.94. The largest absolute Gasteiger partial charge is 0.0654 e. The van der Waals surface area contributed by atoms with Gasteiger partial charge in [-0.2, -0.15) is 0 Å². The zero-order chi connectivity index (χ0) is 12.8. The molecule has 0 amide bonds. The first-order valence-electron chi connectivity index (χ1n) is 6.94. The zero-order valence-corrected chi connectivity index (χ0v) is 11.4. The summed E-state index contributed by atoms with van der Waals surface area (Å²) in [6.07, 6.45) is 4.78. The van der Waals surface area contributed by atoms with Crippen molar-refractivity contribution >= 4 is 0 Å². The Morgan fingerprint density at radius 3 is 2.44 bits per heavy atom. The van der Waals surface area contributed by atoms with E-state index >= 15 is 0 Å². The van der Waals surface area contributed by atoms with E-state index in [1.165, 1.54) is 41.5 Å². The van der Waals surface area contributed by atoms with Crippen molar-refractivity contribution in [3.63, 3.8) is 0 Å². The van der Waals surface area contributed by atoms with E-state index in [1.54, 1.807) is 0 Å². The van der Waals surface area contributed by atoms with E-state index in [2.05, 4.69) is 56.3 Å². The molecule has 2 aromatic rings. The summed E-state index contributed by atoms with van der Waals surface area (Å²) in [5.74, 6) is 0. The number of benzene rings is 2. The molecule has 0 fully saturated rings. The molecule has 2 aromatic carbocycles. The molecule has 0 heterocycles. The van der Waals surface area contributed by atoms with Crippen LogP contribution in [0.3, 0.4) is 0 Å². The highest BCUT2D eigenvalue weighted by Crippen LogP contribution is 2.24. The molecular weight excluding hydrogens is 216 g/mol. The second kappa shape index (κ2) is 6.39. The summed E-state index contributed by atoms with van der Waals surface area (Å²) in [6.45, 7) is 4.43. The predicted molar refractivity (Wildman–Crippen MR) is 78.7 cm³/mol. The molecule has 0 heteroatoms. The first kappa shape index (κ1) is 12.9. The highest BCUT2D eigenvalue weighted by atomic mass is 14.1. The maximum absolute atomic E-state index is 3.37. The Morgan fingerprint density at radius 1 is 1.00 bits per heavy atom. The second-order valence-corrected chi connectivity index (χ2v) is 4.72. The molecule has 0 saturated carbocycles. The van der Waals surface area contributed by atoms with E-state index in [0.717, 1.165) is 6.42 Å². The molecule has 0 unspecified atom stereocenters. The molecule has 0 atom stereocenters. The monoisotopic (exact) mass is 237 g/mol. The summed E-state index contributed by atoms with van der Waals surface area (Å²) < 4.78 is 0. The Morgan fingerprint density at radius 2 is 1.78 bits per heavy atom. The van der Waals surface area contributed by atoms with Crippen molar-refractivity contribution in [1.82, 2.24) is 0 Å². The molecule has 0 aliphatic rings. The van der Waals surface area contributed by atoms with Crippen molar-refractivity contribution in [2.24, 2.45) is 0 Å². The zero-order valence-electron chi connectivity index (χ0n) is 11.4. The fourth-order valence-corrected chi connectivity index (χ4v) is 2.25. The van der Waals surface area contributed by atoms with Crippen molar-refractivity contribution in [2.75, 3.05) is 0 Å². The van der Waals surface area contributed by atoms with E-state index in [0.29, 0.717) is 0 Å². The van der Waals surface area contributed by atoms with Gasteiger partial charge >= 0.3 is 0 Å². The normalized spacial score (nSPS) is 10.6. The minimum Gasteiger partial charge on any atom is -0.0654 e. The van der Waals surface area contributed by atoms with Crippen LogP contribution < -0.4 is 0 Å². The van der Waals surface area contributed by atoms with E-state index in [1.807, 2.05) is 6.07 Å². The average molecular weight is 237 g/mol. The number of aryl methyl sites for hydroxylation is 2. The van der Waals surface area contributed by atoms with Crippen molar-refractivity contribution < 1.29 is 0 Å². The van der Waals surface area contributed by atoms with Crippen LogP contribution in [-0.4, -0.2) is 0 Å². The summed E-state index contributed by atoms with van der Waals surface area (Å²) in [5, 5.41) is 0. The van der Waals surface area contributed by atoms with E-state index in [4.69, 9.17) is 0 Å². The standard InChI is InChI=1S/C18H21/c1-3-5-8-15-11-13-17(14-12-15)18-10-7-6-9-16(18)4-2/h6-7,9,11-14H,3-5,8H2,1-2H3. The van der Waals surface area contributed by atoms with Gasteiger partial charge in [-0.25, -0.2) is 0 Å². The molecule has 0 N–H and O–H groups in total. The molecule has 18 heavy (non-hydrogen) atoms. The maximum atomic E-state index is 3.37. The minimum atomic E-state index is 1.06. The van der Waals surface area contributed by atoms with Gasteiger partial charge in [0.25, 0.3) is 0 Å². The highest BCUT2D eigenvalue weighted by Gasteiger charge is 2.03. The molecular formula is C18H21. The van der Waals surface area contributed by atoms with Crippen LogP contribution in [0.15, 0.2) is 42.5 Å². The molecule has 0 aliphatic carbocycles. The Labute approximate surface area is 111 Å². The van der Waals surface area contributed by atoms with Crippen molar-refractivity contribution in [3.05, 3.63) is 59.7 Å². The lowest BCUT2D eigenvalue weighted by molar-refractivity contribution is 0.795. The van der Waals surface area contributed by atoms with E-state index < -0.39 is 0 Å². The summed E-state index contributed by atoms with van der Waals surface area (Å²) >= 11 is 0. The molecule has 2 rings (SSSR count). The number of rotatable bonds is 5. The predicted octanol–water partition coefficient (Wildman–Crippen LogP) is 5.06. The lowest BCUT2D eigenvalue weighted by atomic mass is 9.96. The minimum absolute atomic E-state index is 1.06. The smallest absolute Gasteiger partial charge is 0.00732 e. The molecule has 0 aliphatic heterocycles. The topological polar surface area (TPSA) is 0 Å². The molecule has 93 valence electrons. The van der Waals surface area contributed by atoms with E-state index in [9.17, 15) is 0 Å². The first-order chi connectivity index (χ1) is 8.85. The van der Waals surface area contributed by atoms with Crippen molar-refractivity contribution in [2.45, 2.75) is 39.5 Å². The van der Waals surface area contributed by atoms with Gasteiger partial charge in [0.15, 0.2) is 0 Å². The van der Waals surface area contributed by atoms with Gasteiger partial charge in [0.05, 0.1) is 0 Å². The lowest BCUT2D eigenvalue weighted by Crippen LogP contribution is -1.89. The van der Waals surface area contributed by atoms with Crippen molar-refractivity contribution in [3.8, 4) is 11.1 Å². The SMILES string of the molecule is CCCCc1ccc(-c2[c]cccc2CC)cc1. The number of hydrogen-bond donors (Lipinski definition) is 0. The Kier molecular flexibility index (Phi) is 4.58. The van der Waals surface area contributed by atoms with Crippen LogP contribution in [0, 0.1) is 6.07 Å². The fraction of sp³-hybridized carbons (Fsp3) is 0.333. The van der Waals surface area contributed by atoms with Crippen LogP contribution >= 0.6 is 0 Å². The Hall–Kier alpha value is -1.56. The summed E-state index contributed by atoms with van der Waals surface area (Å²) in [4.78, 5) is 0. The number of unbranched alkanes of at least 4 members (excludes halogenated alkanes) is 1. The quantitative estimate of drug-likeness (QED) is 0.682. The van der Waals surface area contributed by atoms with Crippen molar-refractivity contribution in [1.29, 1.82) is 0 Å². The Bertz CT molecular complexity index is 480. The summed E-state index contributed by atoms with van der Waals surface area (Å²) in [5.41, 5.74) is 5.35. The van der Waals surface area contributed by atoms with Gasteiger partial charge in [0, 0.05) is 0 Å². The summed E-state index contributed by atoms with van der Waals surface area (Å²) in [6, 6.07) is 18.6. The van der Waals surface area contributed by atoms with Crippen LogP contribution in [0.1, 0.15) is 37.8 Å². The highest BCUT2D eigenvalue weighted by molar-refractivity contribution is 5.66. The second-order valence-electron chi connectivity index (χ2n) is 4.72. The van der Waals surface area contributed by atoms with Gasteiger partial charge in [-0.15, -0.1) is 0 Å². The van der Waals surface area contributed by atoms with Gasteiger partial charge < -0.3 is 0 Å². The van der Waals surface area contributed by atoms with Crippen LogP contribution in [0.4, 0.5) is 0 Å². The van der Waals surface area contributed by atoms with Gasteiger partial charge in [0.2, 0.25) is 0 Å². The molecule has 0 nitrogen and oxygen atoms in total. The third-order valence-corrected chi connectivity index (χ3v) is 3.38. The van der Waals surface area contributed by atoms with Crippen LogP contribution in [0.5, 0.6) is 0 Å². The Balaban J connectivity index is 2.23. The molecule has 0 aromatic heterocycles. The molecule has 0 spiro atoms. The van der Waals surface area contributed by atoms with Gasteiger partial charge in [0.1, 0.15) is 0 Å². The maximum Gasteiger partial charge on any atom is -0.00732 e. The third-order valence-electron chi connectivity index (χ3n) is 3.38. The summed E-state index contributed by atoms with van der Waals surface area (Å²) in [7, 11) is 0. The van der Waals surface area contributed by atoms with Crippen LogP contribution in [-0.2, 0) is 12.8 Å². The molecule has 0 bridgehead atoms. The van der Waals surface area contributed by atoms with Gasteiger partial charge in [-0.05, 0) is 47.6 Å². The van der Waals surface area contributed by atoms with Crippen LogP contribution in [0.25, 0.3) is 11.1 Å². The molecule has 1 radical (unpaired) electrons. The van der Waals surface area contributed by atoms with Crippen LogP contribution in [0.2, 0.25) is 0 Å². The fourth-order valence-electron chi connectivity index (χ4n) is 2.25. The lowest BCUT2D eigenvalue weighted by Gasteiger charge is -2.08.